The number of carbonyl (C=O) groups is 1. The van der Waals surface area contributed by atoms with Crippen LogP contribution < -0.4 is 0 Å². The summed E-state index contributed by atoms with van der Waals surface area (Å²) in [6.07, 6.45) is 0.852. The number of halogens is 3. The zero-order valence-electron chi connectivity index (χ0n) is 10.00. The fourth-order valence-electron chi connectivity index (χ4n) is 2.16. The van der Waals surface area contributed by atoms with E-state index in [1.165, 1.54) is 0 Å². The van der Waals surface area contributed by atoms with Crippen molar-refractivity contribution in [3.63, 3.8) is 0 Å². The lowest BCUT2D eigenvalue weighted by Crippen LogP contribution is -2.43. The fourth-order valence-corrected chi connectivity index (χ4v) is 2.53. The summed E-state index contributed by atoms with van der Waals surface area (Å²) in [5, 5.41) is 0. The van der Waals surface area contributed by atoms with Gasteiger partial charge in [0.1, 0.15) is 11.6 Å². The molecule has 5 heteroatoms. The molecule has 18 heavy (non-hydrogen) atoms. The van der Waals surface area contributed by atoms with Crippen molar-refractivity contribution in [1.29, 1.82) is 0 Å². The number of rotatable bonds is 1. The molecule has 0 bridgehead atoms. The highest BCUT2D eigenvalue weighted by Gasteiger charge is 2.27. The third-order valence-electron chi connectivity index (χ3n) is 3.20. The van der Waals surface area contributed by atoms with Gasteiger partial charge in [0.15, 0.2) is 0 Å². The molecule has 1 aliphatic heterocycles. The fraction of sp³-hybridized carbons (Fsp3) is 0.462. The van der Waals surface area contributed by atoms with Gasteiger partial charge < -0.3 is 4.90 Å². The summed E-state index contributed by atoms with van der Waals surface area (Å²) in [4.78, 5) is 14.2. The van der Waals surface area contributed by atoms with E-state index in [0.29, 0.717) is 23.8 Å². The van der Waals surface area contributed by atoms with Crippen LogP contribution in [-0.2, 0) is 0 Å². The van der Waals surface area contributed by atoms with E-state index in [2.05, 4.69) is 15.9 Å². The summed E-state index contributed by atoms with van der Waals surface area (Å²) in [6.45, 7) is 3.26. The normalized spacial score (nSPS) is 24.1. The Morgan fingerprint density at radius 3 is 2.50 bits per heavy atom. The van der Waals surface area contributed by atoms with Crippen LogP contribution in [0.4, 0.5) is 8.78 Å². The summed E-state index contributed by atoms with van der Waals surface area (Å²) in [7, 11) is 0. The van der Waals surface area contributed by atoms with Crippen LogP contribution in [0, 0.1) is 17.6 Å². The van der Waals surface area contributed by atoms with Gasteiger partial charge in [-0.2, -0.15) is 0 Å². The monoisotopic (exact) mass is 317 g/mol. The first-order valence-electron chi connectivity index (χ1n) is 5.87. The molecule has 1 fully saturated rings. The first-order valence-corrected chi connectivity index (χ1v) is 6.78. The van der Waals surface area contributed by atoms with Gasteiger partial charge in [-0.1, -0.05) is 22.9 Å². The van der Waals surface area contributed by atoms with Crippen molar-refractivity contribution in [2.75, 3.05) is 13.1 Å². The standard InChI is InChI=1S/C13H14BrF2NO/c1-8-7-17(3-2-12(8)14)13(18)9-4-10(15)6-11(16)5-9/h4-6,8,12H,2-3,7H2,1H3. The number of benzene rings is 1. The second-order valence-electron chi connectivity index (χ2n) is 4.69. The number of amides is 1. The summed E-state index contributed by atoms with van der Waals surface area (Å²) >= 11 is 3.55. The zero-order valence-corrected chi connectivity index (χ0v) is 11.6. The third kappa shape index (κ3) is 2.88. The highest BCUT2D eigenvalue weighted by molar-refractivity contribution is 9.09. The minimum Gasteiger partial charge on any atom is -0.338 e. The average molecular weight is 318 g/mol. The van der Waals surface area contributed by atoms with E-state index in [4.69, 9.17) is 0 Å². The molecular formula is C13H14BrF2NO. The Morgan fingerprint density at radius 1 is 1.33 bits per heavy atom. The number of likely N-dealkylation sites (tertiary alicyclic amines) is 1. The lowest BCUT2D eigenvalue weighted by atomic mass is 9.99. The third-order valence-corrected chi connectivity index (χ3v) is 4.56. The predicted octanol–water partition coefficient (Wildman–Crippen LogP) is 3.21. The molecule has 2 rings (SSSR count). The topological polar surface area (TPSA) is 20.3 Å². The van der Waals surface area contributed by atoms with Gasteiger partial charge in [-0.15, -0.1) is 0 Å². The molecule has 1 heterocycles. The van der Waals surface area contributed by atoms with Crippen LogP contribution in [0.1, 0.15) is 23.7 Å². The van der Waals surface area contributed by atoms with Gasteiger partial charge in [0.2, 0.25) is 0 Å². The molecule has 0 saturated carbocycles. The number of alkyl halides is 1. The van der Waals surface area contributed by atoms with Gasteiger partial charge in [0.05, 0.1) is 0 Å². The van der Waals surface area contributed by atoms with Crippen LogP contribution in [0.3, 0.4) is 0 Å². The summed E-state index contributed by atoms with van der Waals surface area (Å²) in [5.41, 5.74) is 0.0766. The second-order valence-corrected chi connectivity index (χ2v) is 5.87. The maximum absolute atomic E-state index is 13.1. The first kappa shape index (κ1) is 13.5. The molecule has 0 spiro atoms. The molecule has 0 radical (unpaired) electrons. The number of nitrogens with zero attached hydrogens (tertiary/aromatic N) is 1. The SMILES string of the molecule is CC1CN(C(=O)c2cc(F)cc(F)c2)CCC1Br. The largest absolute Gasteiger partial charge is 0.338 e. The predicted molar refractivity (Wildman–Crippen MR) is 68.8 cm³/mol. The van der Waals surface area contributed by atoms with Gasteiger partial charge in [-0.3, -0.25) is 4.79 Å². The molecule has 2 unspecified atom stereocenters. The first-order chi connectivity index (χ1) is 8.47. The van der Waals surface area contributed by atoms with Crippen molar-refractivity contribution >= 4 is 21.8 Å². The molecule has 1 amide bonds. The van der Waals surface area contributed by atoms with E-state index in [1.54, 1.807) is 4.90 Å². The molecule has 2 atom stereocenters. The van der Waals surface area contributed by atoms with Crippen LogP contribution >= 0.6 is 15.9 Å². The molecule has 1 aromatic carbocycles. The van der Waals surface area contributed by atoms with Crippen molar-refractivity contribution in [3.8, 4) is 0 Å². The van der Waals surface area contributed by atoms with Crippen molar-refractivity contribution in [1.82, 2.24) is 4.90 Å². The van der Waals surface area contributed by atoms with E-state index in [1.807, 2.05) is 6.92 Å². The Labute approximate surface area is 113 Å². The summed E-state index contributed by atoms with van der Waals surface area (Å²) < 4.78 is 26.2. The van der Waals surface area contributed by atoms with Crippen molar-refractivity contribution < 1.29 is 13.6 Å². The van der Waals surface area contributed by atoms with Gasteiger partial charge in [0.25, 0.3) is 5.91 Å². The minimum absolute atomic E-state index is 0.0766. The van der Waals surface area contributed by atoms with Gasteiger partial charge in [-0.05, 0) is 24.5 Å². The zero-order chi connectivity index (χ0) is 13.3. The highest BCUT2D eigenvalue weighted by atomic mass is 79.9. The molecule has 0 aliphatic carbocycles. The minimum atomic E-state index is -0.721. The van der Waals surface area contributed by atoms with Crippen LogP contribution in [0.25, 0.3) is 0 Å². The summed E-state index contributed by atoms with van der Waals surface area (Å²) in [6, 6.07) is 2.93. The van der Waals surface area contributed by atoms with Gasteiger partial charge in [-0.25, -0.2) is 8.78 Å². The Balaban J connectivity index is 2.16. The van der Waals surface area contributed by atoms with Gasteiger partial charge >= 0.3 is 0 Å². The van der Waals surface area contributed by atoms with E-state index >= 15 is 0 Å². The molecule has 98 valence electrons. The molecule has 1 aliphatic rings. The molecule has 1 saturated heterocycles. The maximum atomic E-state index is 13.1. The van der Waals surface area contributed by atoms with Crippen LogP contribution in [0.2, 0.25) is 0 Å². The van der Waals surface area contributed by atoms with Crippen LogP contribution in [-0.4, -0.2) is 28.7 Å². The summed E-state index contributed by atoms with van der Waals surface area (Å²) in [5.74, 6) is -1.41. The number of piperidine rings is 1. The molecule has 0 N–H and O–H groups in total. The van der Waals surface area contributed by atoms with Crippen molar-refractivity contribution in [2.24, 2.45) is 5.92 Å². The average Bonchev–Trinajstić information content (AvgIpc) is 2.30. The Hall–Kier alpha value is -0.970. The lowest BCUT2D eigenvalue weighted by Gasteiger charge is -2.34. The maximum Gasteiger partial charge on any atom is 0.254 e. The molecule has 0 aromatic heterocycles. The van der Waals surface area contributed by atoms with Crippen LogP contribution in [0.5, 0.6) is 0 Å². The van der Waals surface area contributed by atoms with E-state index in [-0.39, 0.29) is 11.5 Å². The van der Waals surface area contributed by atoms with Gasteiger partial charge in [0, 0.05) is 29.5 Å². The second kappa shape index (κ2) is 5.34. The Morgan fingerprint density at radius 2 is 1.94 bits per heavy atom. The van der Waals surface area contributed by atoms with E-state index in [0.717, 1.165) is 24.6 Å². The smallest absolute Gasteiger partial charge is 0.254 e. The molecule has 1 aromatic rings. The Bertz CT molecular complexity index is 446. The van der Waals surface area contributed by atoms with Crippen molar-refractivity contribution in [2.45, 2.75) is 18.2 Å². The quantitative estimate of drug-likeness (QED) is 0.728. The van der Waals surface area contributed by atoms with E-state index < -0.39 is 11.6 Å². The Kier molecular flexibility index (Phi) is 4.00. The van der Waals surface area contributed by atoms with E-state index in [9.17, 15) is 13.6 Å². The molecule has 2 nitrogen and oxygen atoms in total. The van der Waals surface area contributed by atoms with Crippen molar-refractivity contribution in [3.05, 3.63) is 35.4 Å². The number of hydrogen-bond acceptors (Lipinski definition) is 1. The highest BCUT2D eigenvalue weighted by Crippen LogP contribution is 2.24. The van der Waals surface area contributed by atoms with Crippen LogP contribution in [0.15, 0.2) is 18.2 Å². The molecular weight excluding hydrogens is 304 g/mol. The lowest BCUT2D eigenvalue weighted by molar-refractivity contribution is 0.0689. The number of carbonyl (C=O) groups excluding carboxylic acids is 1. The number of hydrogen-bond donors (Lipinski definition) is 0.